The molecule has 0 saturated carbocycles. The number of halogens is 2. The van der Waals surface area contributed by atoms with Gasteiger partial charge in [-0.1, -0.05) is 35.3 Å². The molecule has 0 aliphatic rings. The van der Waals surface area contributed by atoms with Crippen molar-refractivity contribution in [2.75, 3.05) is 24.7 Å². The molecule has 0 heterocycles. The predicted octanol–water partition coefficient (Wildman–Crippen LogP) is 3.82. The number of benzene rings is 2. The van der Waals surface area contributed by atoms with E-state index in [4.69, 9.17) is 27.9 Å². The van der Waals surface area contributed by atoms with Crippen LogP contribution in [0.4, 0.5) is 5.69 Å². The van der Waals surface area contributed by atoms with Crippen LogP contribution in [0.1, 0.15) is 12.5 Å². The molecule has 1 atom stereocenters. The zero-order valence-electron chi connectivity index (χ0n) is 16.0. The lowest BCUT2D eigenvalue weighted by Gasteiger charge is -2.31. The Morgan fingerprint density at radius 3 is 2.11 bits per heavy atom. The second kappa shape index (κ2) is 9.03. The first-order chi connectivity index (χ1) is 13.0. The summed E-state index contributed by atoms with van der Waals surface area (Å²) >= 11 is 12.0. The number of hydrogen-bond acceptors (Lipinski definition) is 4. The summed E-state index contributed by atoms with van der Waals surface area (Å²) in [6, 6.07) is 10.7. The minimum absolute atomic E-state index is 0.235. The summed E-state index contributed by atoms with van der Waals surface area (Å²) in [5.41, 5.74) is 1.12. The highest BCUT2D eigenvalue weighted by atomic mass is 35.5. The Morgan fingerprint density at radius 2 is 1.64 bits per heavy atom. The van der Waals surface area contributed by atoms with E-state index < -0.39 is 16.1 Å². The highest BCUT2D eigenvalue weighted by Gasteiger charge is 2.31. The first kappa shape index (κ1) is 22.3. The van der Waals surface area contributed by atoms with Crippen molar-refractivity contribution in [1.82, 2.24) is 4.90 Å². The lowest BCUT2D eigenvalue weighted by molar-refractivity contribution is -0.131. The van der Waals surface area contributed by atoms with Crippen LogP contribution >= 0.6 is 23.2 Å². The van der Waals surface area contributed by atoms with Crippen molar-refractivity contribution in [3.63, 3.8) is 0 Å². The van der Waals surface area contributed by atoms with Crippen LogP contribution in [0.25, 0.3) is 0 Å². The fourth-order valence-corrected chi connectivity index (χ4v) is 4.54. The van der Waals surface area contributed by atoms with Gasteiger partial charge in [0.1, 0.15) is 11.8 Å². The third-order valence-corrected chi connectivity index (χ3v) is 5.80. The highest BCUT2D eigenvalue weighted by Crippen LogP contribution is 2.29. The van der Waals surface area contributed by atoms with E-state index in [0.717, 1.165) is 16.1 Å². The maximum absolute atomic E-state index is 12.9. The van der Waals surface area contributed by atoms with Crippen LogP contribution in [0.15, 0.2) is 42.5 Å². The van der Waals surface area contributed by atoms with Crippen LogP contribution in [0.5, 0.6) is 5.75 Å². The molecule has 0 radical (unpaired) electrons. The quantitative estimate of drug-likeness (QED) is 0.650. The van der Waals surface area contributed by atoms with Crippen LogP contribution in [-0.2, 0) is 21.4 Å². The normalized spacial score (nSPS) is 12.4. The molecule has 0 aliphatic carbocycles. The van der Waals surface area contributed by atoms with Gasteiger partial charge in [-0.3, -0.25) is 9.10 Å². The number of anilines is 1. The van der Waals surface area contributed by atoms with Crippen LogP contribution < -0.4 is 9.04 Å². The molecule has 28 heavy (non-hydrogen) atoms. The topological polar surface area (TPSA) is 66.9 Å². The van der Waals surface area contributed by atoms with Gasteiger partial charge in [0.05, 0.1) is 19.1 Å². The first-order valence-electron chi connectivity index (χ1n) is 8.36. The molecule has 2 aromatic rings. The lowest BCUT2D eigenvalue weighted by Crippen LogP contribution is -2.48. The van der Waals surface area contributed by atoms with E-state index in [0.29, 0.717) is 12.3 Å². The number of amides is 1. The van der Waals surface area contributed by atoms with E-state index >= 15 is 0 Å². The summed E-state index contributed by atoms with van der Waals surface area (Å²) in [7, 11) is -0.562. The number of carbonyl (C=O) groups excluding carboxylic acids is 1. The third-order valence-electron chi connectivity index (χ3n) is 4.12. The van der Waals surface area contributed by atoms with E-state index in [9.17, 15) is 13.2 Å². The molecule has 0 aromatic heterocycles. The molecule has 0 aliphatic heterocycles. The highest BCUT2D eigenvalue weighted by molar-refractivity contribution is 7.92. The number of rotatable bonds is 7. The lowest BCUT2D eigenvalue weighted by atomic mass is 10.2. The molecule has 6 nitrogen and oxygen atoms in total. The summed E-state index contributed by atoms with van der Waals surface area (Å²) in [6.45, 7) is 1.85. The van der Waals surface area contributed by atoms with Crippen molar-refractivity contribution in [1.29, 1.82) is 0 Å². The smallest absolute Gasteiger partial charge is 0.246 e. The van der Waals surface area contributed by atoms with Gasteiger partial charge in [0, 0.05) is 23.6 Å². The largest absolute Gasteiger partial charge is 0.497 e. The molecule has 9 heteroatoms. The Balaban J connectivity index is 2.27. The van der Waals surface area contributed by atoms with Gasteiger partial charge in [-0.25, -0.2) is 8.42 Å². The second-order valence-corrected chi connectivity index (χ2v) is 9.14. The third kappa shape index (κ3) is 5.53. The van der Waals surface area contributed by atoms with Gasteiger partial charge in [0.2, 0.25) is 15.9 Å². The van der Waals surface area contributed by atoms with Crippen LogP contribution in [0, 0.1) is 0 Å². The number of carbonyl (C=O) groups is 1. The van der Waals surface area contributed by atoms with Crippen molar-refractivity contribution in [2.24, 2.45) is 0 Å². The summed E-state index contributed by atoms with van der Waals surface area (Å²) in [5.74, 6) is 0.351. The molecule has 0 saturated heterocycles. The Bertz CT molecular complexity index is 929. The van der Waals surface area contributed by atoms with Crippen molar-refractivity contribution in [3.05, 3.63) is 58.1 Å². The maximum Gasteiger partial charge on any atom is 0.246 e. The number of hydrogen-bond donors (Lipinski definition) is 0. The molecule has 0 unspecified atom stereocenters. The predicted molar refractivity (Wildman–Crippen MR) is 113 cm³/mol. The fraction of sp³-hybridized carbons (Fsp3) is 0.316. The molecule has 2 aromatic carbocycles. The number of methoxy groups -OCH3 is 1. The molecule has 0 fully saturated rings. The van der Waals surface area contributed by atoms with Gasteiger partial charge < -0.3 is 9.64 Å². The van der Waals surface area contributed by atoms with Gasteiger partial charge in [0.15, 0.2) is 0 Å². The summed E-state index contributed by atoms with van der Waals surface area (Å²) in [5, 5.41) is 0.560. The fourth-order valence-electron chi connectivity index (χ4n) is 2.87. The zero-order valence-corrected chi connectivity index (χ0v) is 18.3. The van der Waals surface area contributed by atoms with Crippen LogP contribution in [0.2, 0.25) is 10.0 Å². The van der Waals surface area contributed by atoms with Gasteiger partial charge in [-0.05, 0) is 42.8 Å². The molecule has 2 rings (SSSR count). The van der Waals surface area contributed by atoms with Gasteiger partial charge in [-0.2, -0.15) is 0 Å². The number of sulfonamides is 1. The van der Waals surface area contributed by atoms with Crippen molar-refractivity contribution < 1.29 is 17.9 Å². The monoisotopic (exact) mass is 444 g/mol. The molecule has 0 bridgehead atoms. The summed E-state index contributed by atoms with van der Waals surface area (Å²) in [6.07, 6.45) is 1.04. The van der Waals surface area contributed by atoms with Crippen molar-refractivity contribution in [2.45, 2.75) is 19.5 Å². The van der Waals surface area contributed by atoms with E-state index in [1.807, 2.05) is 12.1 Å². The Kier molecular flexibility index (Phi) is 7.20. The van der Waals surface area contributed by atoms with Crippen molar-refractivity contribution in [3.8, 4) is 5.75 Å². The average molecular weight is 445 g/mol. The SMILES string of the molecule is COc1ccc(CN(C)C(=O)[C@H](C)N(c2cc(Cl)cc(Cl)c2)S(C)(=O)=O)cc1. The van der Waals surface area contributed by atoms with Gasteiger partial charge >= 0.3 is 0 Å². The molecular weight excluding hydrogens is 423 g/mol. The second-order valence-electron chi connectivity index (χ2n) is 6.40. The Morgan fingerprint density at radius 1 is 1.11 bits per heavy atom. The Labute approximate surface area is 175 Å². The van der Waals surface area contributed by atoms with Gasteiger partial charge in [-0.15, -0.1) is 0 Å². The standard InChI is InChI=1S/C19H22Cl2N2O4S/c1-13(19(24)22(2)12-14-5-7-18(27-3)8-6-14)23(28(4,25)26)17-10-15(20)9-16(21)11-17/h5-11,13H,12H2,1-4H3/t13-/m0/s1. The average Bonchev–Trinajstić information content (AvgIpc) is 2.59. The van der Waals surface area contributed by atoms with Crippen LogP contribution in [-0.4, -0.2) is 45.7 Å². The summed E-state index contributed by atoms with van der Waals surface area (Å²) in [4.78, 5) is 14.4. The van der Waals surface area contributed by atoms with Crippen LogP contribution in [0.3, 0.4) is 0 Å². The summed E-state index contributed by atoms with van der Waals surface area (Å²) < 4.78 is 31.0. The Hall–Kier alpha value is -1.96. The number of nitrogens with zero attached hydrogens (tertiary/aromatic N) is 2. The molecule has 0 N–H and O–H groups in total. The number of likely N-dealkylation sites (N-methyl/N-ethyl adjacent to an activating group) is 1. The minimum Gasteiger partial charge on any atom is -0.497 e. The van der Waals surface area contributed by atoms with E-state index in [1.165, 1.54) is 30.0 Å². The van der Waals surface area contributed by atoms with E-state index in [1.54, 1.807) is 26.3 Å². The zero-order chi connectivity index (χ0) is 21.1. The minimum atomic E-state index is -3.76. The molecule has 152 valence electrons. The van der Waals surface area contributed by atoms with E-state index in [2.05, 4.69) is 0 Å². The molecule has 0 spiro atoms. The number of ether oxygens (including phenoxy) is 1. The maximum atomic E-state index is 12.9. The van der Waals surface area contributed by atoms with E-state index in [-0.39, 0.29) is 21.6 Å². The first-order valence-corrected chi connectivity index (χ1v) is 11.0. The van der Waals surface area contributed by atoms with Gasteiger partial charge in [0.25, 0.3) is 0 Å². The van der Waals surface area contributed by atoms with Crippen molar-refractivity contribution >= 4 is 44.8 Å². The molecule has 1 amide bonds. The molecular formula is C19H22Cl2N2O4S.